The molecule has 0 aromatic rings. The average Bonchev–Trinajstić information content (AvgIpc) is 2.07. The van der Waals surface area contributed by atoms with Gasteiger partial charge >= 0.3 is 0 Å². The predicted octanol–water partition coefficient (Wildman–Crippen LogP) is 1.30. The molecule has 0 amide bonds. The first kappa shape index (κ1) is 8.51. The minimum Gasteiger partial charge on any atom is -0.297 e. The summed E-state index contributed by atoms with van der Waals surface area (Å²) in [5.74, 6) is 0.151. The van der Waals surface area contributed by atoms with Gasteiger partial charge in [-0.2, -0.15) is 0 Å². The monoisotopic (exact) mass is 202 g/mol. The summed E-state index contributed by atoms with van der Waals surface area (Å²) in [6.45, 7) is 3.82. The van der Waals surface area contributed by atoms with Crippen molar-refractivity contribution in [3.05, 3.63) is 11.6 Å². The summed E-state index contributed by atoms with van der Waals surface area (Å²) in [6, 6.07) is 0. The number of rotatable bonds is 0. The molecule has 2 nitrogen and oxygen atoms in total. The fourth-order valence-corrected chi connectivity index (χ4v) is 5.34. The van der Waals surface area contributed by atoms with Crippen LogP contribution in [-0.4, -0.2) is 19.2 Å². The topological polar surface area (TPSA) is 34.1 Å². The van der Waals surface area contributed by atoms with Crippen LogP contribution in [0.2, 0.25) is 0 Å². The Hall–Kier alpha value is -0.0900. The van der Waals surface area contributed by atoms with E-state index < -0.39 is 10.8 Å². The smallest absolute Gasteiger partial charge is 0.165 e. The van der Waals surface area contributed by atoms with Crippen molar-refractivity contribution in [1.29, 1.82) is 0 Å². The third-order valence-corrected chi connectivity index (χ3v) is 6.59. The molecule has 0 spiro atoms. The molecule has 66 valence electrons. The van der Waals surface area contributed by atoms with Gasteiger partial charge in [0.15, 0.2) is 5.78 Å². The normalized spacial score (nSPS) is 49.2. The van der Waals surface area contributed by atoms with Gasteiger partial charge in [0.25, 0.3) is 0 Å². The number of hydrogen-bond donors (Lipinski definition) is 0. The molecule has 0 aromatic carbocycles. The average molecular weight is 202 g/mol. The van der Waals surface area contributed by atoms with Gasteiger partial charge in [0, 0.05) is 5.92 Å². The number of thioether (sulfide) groups is 1. The van der Waals surface area contributed by atoms with Gasteiger partial charge in [-0.25, -0.2) is 0 Å². The summed E-state index contributed by atoms with van der Waals surface area (Å²) >= 11 is 1.55. The molecule has 2 bridgehead atoms. The summed E-state index contributed by atoms with van der Waals surface area (Å²) in [5.41, 5.74) is 1.06. The number of ketones is 1. The second-order valence-electron chi connectivity index (χ2n) is 3.04. The summed E-state index contributed by atoms with van der Waals surface area (Å²) in [7, 11) is -0.923. The lowest BCUT2D eigenvalue weighted by Crippen LogP contribution is -2.51. The zero-order valence-corrected chi connectivity index (χ0v) is 8.58. The zero-order chi connectivity index (χ0) is 8.88. The third-order valence-electron chi connectivity index (χ3n) is 2.43. The van der Waals surface area contributed by atoms with Gasteiger partial charge in [0.2, 0.25) is 0 Å². The van der Waals surface area contributed by atoms with E-state index in [4.69, 9.17) is 0 Å². The van der Waals surface area contributed by atoms with Crippen LogP contribution >= 0.6 is 11.8 Å². The van der Waals surface area contributed by atoms with Crippen molar-refractivity contribution in [1.82, 2.24) is 0 Å². The fourth-order valence-electron chi connectivity index (χ4n) is 1.63. The van der Waals surface area contributed by atoms with Crippen LogP contribution in [-0.2, 0) is 15.6 Å². The highest BCUT2D eigenvalue weighted by Crippen LogP contribution is 2.50. The molecule has 3 aliphatic rings. The second kappa shape index (κ2) is 2.70. The Morgan fingerprint density at radius 1 is 1.50 bits per heavy atom. The first-order valence-electron chi connectivity index (χ1n) is 3.91. The van der Waals surface area contributed by atoms with Crippen LogP contribution in [0.5, 0.6) is 0 Å². The van der Waals surface area contributed by atoms with Crippen LogP contribution in [0.25, 0.3) is 0 Å². The van der Waals surface area contributed by atoms with Gasteiger partial charge in [-0.3, -0.25) is 9.00 Å². The third kappa shape index (κ3) is 0.879. The van der Waals surface area contributed by atoms with Crippen molar-refractivity contribution in [2.45, 2.75) is 23.0 Å². The van der Waals surface area contributed by atoms with Crippen LogP contribution in [0.1, 0.15) is 13.8 Å². The first-order valence-corrected chi connectivity index (χ1v) is 6.13. The minimum atomic E-state index is -0.923. The fraction of sp³-hybridized carbons (Fsp3) is 0.625. The molecule has 4 atom stereocenters. The van der Waals surface area contributed by atoms with Gasteiger partial charge in [-0.05, 0) is 12.5 Å². The molecule has 0 radical (unpaired) electrons. The quantitative estimate of drug-likeness (QED) is 0.555. The van der Waals surface area contributed by atoms with Gasteiger partial charge in [-0.1, -0.05) is 13.0 Å². The minimum absolute atomic E-state index is 0.00366. The van der Waals surface area contributed by atoms with Crippen LogP contribution in [0.3, 0.4) is 0 Å². The maximum atomic E-state index is 11.5. The maximum Gasteiger partial charge on any atom is 0.165 e. The molecule has 3 saturated heterocycles. The lowest BCUT2D eigenvalue weighted by Gasteiger charge is -2.42. The van der Waals surface area contributed by atoms with Crippen molar-refractivity contribution in [3.8, 4) is 0 Å². The predicted molar refractivity (Wildman–Crippen MR) is 51.2 cm³/mol. The number of allylic oxidation sites excluding steroid dienone is 1. The maximum absolute atomic E-state index is 11.5. The van der Waals surface area contributed by atoms with E-state index >= 15 is 0 Å². The molecular weight excluding hydrogens is 192 g/mol. The van der Waals surface area contributed by atoms with Crippen LogP contribution in [0.4, 0.5) is 0 Å². The summed E-state index contributed by atoms with van der Waals surface area (Å²) in [4.78, 5) is 11.5. The standard InChI is InChI=1S/C8H10O2S2/c1-3-5-4(2)6(9)8-11-7(5)12(8)10/h3-4,7-8H,1-2H3/b5-3-/t4?,7-,8+,12?/m0/s1. The van der Waals surface area contributed by atoms with Crippen LogP contribution < -0.4 is 0 Å². The van der Waals surface area contributed by atoms with Crippen molar-refractivity contribution in [2.75, 3.05) is 0 Å². The van der Waals surface area contributed by atoms with E-state index in [1.165, 1.54) is 0 Å². The van der Waals surface area contributed by atoms with E-state index in [0.29, 0.717) is 0 Å². The molecule has 0 aromatic heterocycles. The molecule has 0 saturated carbocycles. The van der Waals surface area contributed by atoms with Crippen molar-refractivity contribution >= 4 is 28.3 Å². The highest BCUT2D eigenvalue weighted by molar-refractivity contribution is 8.28. The highest BCUT2D eigenvalue weighted by Gasteiger charge is 2.53. The van der Waals surface area contributed by atoms with Crippen molar-refractivity contribution in [2.24, 2.45) is 5.92 Å². The van der Waals surface area contributed by atoms with Gasteiger partial charge in [-0.15, -0.1) is 11.8 Å². The lowest BCUT2D eigenvalue weighted by molar-refractivity contribution is -0.119. The number of hydrogen-bond acceptors (Lipinski definition) is 3. The van der Waals surface area contributed by atoms with E-state index in [1.54, 1.807) is 11.8 Å². The number of carbonyl (C=O) groups excluding carboxylic acids is 1. The van der Waals surface area contributed by atoms with Gasteiger partial charge < -0.3 is 0 Å². The molecule has 0 N–H and O–H groups in total. The largest absolute Gasteiger partial charge is 0.297 e. The Bertz CT molecular complexity index is 291. The number of fused-ring (bicyclic) bond motifs is 2. The summed E-state index contributed by atoms with van der Waals surface area (Å²) < 4.78 is 11.3. The Morgan fingerprint density at radius 3 is 2.67 bits per heavy atom. The SMILES string of the molecule is C/C=C1/C(C)C(=O)[C@@H]2S[C@H]1S2=O. The van der Waals surface area contributed by atoms with Crippen LogP contribution in [0.15, 0.2) is 11.6 Å². The van der Waals surface area contributed by atoms with E-state index in [9.17, 15) is 9.00 Å². The molecule has 3 fully saturated rings. The molecule has 3 aliphatic heterocycles. The molecule has 0 aliphatic carbocycles. The van der Waals surface area contributed by atoms with Crippen molar-refractivity contribution < 1.29 is 9.00 Å². The van der Waals surface area contributed by atoms with E-state index in [0.717, 1.165) is 5.57 Å². The highest BCUT2D eigenvalue weighted by atomic mass is 32.3. The first-order chi connectivity index (χ1) is 5.66. The Balaban J connectivity index is 2.38. The summed E-state index contributed by atoms with van der Waals surface area (Å²) in [6.07, 6.45) is 1.94. The van der Waals surface area contributed by atoms with E-state index in [-0.39, 0.29) is 20.9 Å². The molecule has 3 heterocycles. The molecule has 3 rings (SSSR count). The Kier molecular flexibility index (Phi) is 1.92. The van der Waals surface area contributed by atoms with Gasteiger partial charge in [0.1, 0.15) is 9.16 Å². The van der Waals surface area contributed by atoms with E-state index in [1.807, 2.05) is 19.9 Å². The summed E-state index contributed by atoms with van der Waals surface area (Å²) in [5, 5.41) is 0. The Labute approximate surface area is 78.3 Å². The Morgan fingerprint density at radius 2 is 2.17 bits per heavy atom. The molecule has 12 heavy (non-hydrogen) atoms. The molecular formula is C8H10O2S2. The molecule has 2 unspecified atom stereocenters. The van der Waals surface area contributed by atoms with Crippen LogP contribution in [0, 0.1) is 5.92 Å². The van der Waals surface area contributed by atoms with Gasteiger partial charge in [0.05, 0.1) is 10.8 Å². The van der Waals surface area contributed by atoms with E-state index in [2.05, 4.69) is 0 Å². The second-order valence-corrected chi connectivity index (χ2v) is 6.45. The van der Waals surface area contributed by atoms with Crippen molar-refractivity contribution in [3.63, 3.8) is 0 Å². The number of Topliss-reactive ketones (excluding diaryl/α,β-unsaturated/α-hetero) is 1. The number of carbonyl (C=O) groups is 1. The zero-order valence-electron chi connectivity index (χ0n) is 6.94. The lowest BCUT2D eigenvalue weighted by atomic mass is 9.97. The molecule has 4 heteroatoms.